The molecule has 1 saturated heterocycles. The SMILES string of the molecule is CCC(CC)CN(CC)CC1(CN)CCOC1. The van der Waals surface area contributed by atoms with Gasteiger partial charge in [-0.05, 0) is 18.9 Å². The summed E-state index contributed by atoms with van der Waals surface area (Å²) in [5.41, 5.74) is 6.19. The highest BCUT2D eigenvalue weighted by atomic mass is 16.5. The molecule has 1 aliphatic rings. The van der Waals surface area contributed by atoms with Gasteiger partial charge in [0.25, 0.3) is 0 Å². The molecule has 102 valence electrons. The zero-order valence-corrected chi connectivity index (χ0v) is 11.9. The molecule has 0 aliphatic carbocycles. The van der Waals surface area contributed by atoms with Gasteiger partial charge in [-0.1, -0.05) is 33.6 Å². The molecule has 0 spiro atoms. The lowest BCUT2D eigenvalue weighted by Gasteiger charge is -2.34. The molecule has 17 heavy (non-hydrogen) atoms. The molecular weight excluding hydrogens is 212 g/mol. The standard InChI is InChI=1S/C14H30N2O/c1-4-13(5-2)9-16(6-3)11-14(10-15)7-8-17-12-14/h13H,4-12,15H2,1-3H3. The normalized spacial score (nSPS) is 25.1. The van der Waals surface area contributed by atoms with Crippen molar-refractivity contribution in [2.24, 2.45) is 17.1 Å². The Labute approximate surface area is 107 Å². The van der Waals surface area contributed by atoms with Crippen LogP contribution in [0.4, 0.5) is 0 Å². The summed E-state index contributed by atoms with van der Waals surface area (Å²) in [6.07, 6.45) is 3.68. The van der Waals surface area contributed by atoms with Gasteiger partial charge in [-0.2, -0.15) is 0 Å². The highest BCUT2D eigenvalue weighted by Gasteiger charge is 2.35. The van der Waals surface area contributed by atoms with Crippen LogP contribution in [0.3, 0.4) is 0 Å². The number of hydrogen-bond acceptors (Lipinski definition) is 3. The first kappa shape index (κ1) is 14.9. The molecule has 0 amide bonds. The van der Waals surface area contributed by atoms with E-state index in [0.29, 0.717) is 0 Å². The molecule has 1 atom stereocenters. The monoisotopic (exact) mass is 242 g/mol. The molecule has 0 radical (unpaired) electrons. The largest absolute Gasteiger partial charge is 0.381 e. The predicted molar refractivity (Wildman–Crippen MR) is 73.1 cm³/mol. The maximum atomic E-state index is 5.96. The molecule has 0 bridgehead atoms. The second kappa shape index (κ2) is 7.34. The second-order valence-electron chi connectivity index (χ2n) is 5.52. The number of nitrogens with zero attached hydrogens (tertiary/aromatic N) is 1. The van der Waals surface area contributed by atoms with Crippen molar-refractivity contribution in [2.75, 3.05) is 39.4 Å². The second-order valence-corrected chi connectivity index (χ2v) is 5.52. The minimum absolute atomic E-state index is 0.224. The average Bonchev–Trinajstić information content (AvgIpc) is 2.83. The molecule has 0 saturated carbocycles. The first-order chi connectivity index (χ1) is 8.19. The van der Waals surface area contributed by atoms with Gasteiger partial charge in [0.15, 0.2) is 0 Å². The lowest BCUT2D eigenvalue weighted by molar-refractivity contribution is 0.107. The van der Waals surface area contributed by atoms with Crippen molar-refractivity contribution in [3.63, 3.8) is 0 Å². The van der Waals surface area contributed by atoms with Gasteiger partial charge in [0, 0.05) is 31.7 Å². The number of hydrogen-bond donors (Lipinski definition) is 1. The summed E-state index contributed by atoms with van der Waals surface area (Å²) >= 11 is 0. The average molecular weight is 242 g/mol. The fourth-order valence-corrected chi connectivity index (χ4v) is 2.69. The Balaban J connectivity index is 2.49. The van der Waals surface area contributed by atoms with Crippen molar-refractivity contribution < 1.29 is 4.74 Å². The van der Waals surface area contributed by atoms with Crippen LogP contribution in [0.2, 0.25) is 0 Å². The molecular formula is C14H30N2O. The summed E-state index contributed by atoms with van der Waals surface area (Å²) in [6.45, 7) is 12.8. The van der Waals surface area contributed by atoms with E-state index in [4.69, 9.17) is 10.5 Å². The quantitative estimate of drug-likeness (QED) is 0.708. The first-order valence-corrected chi connectivity index (χ1v) is 7.19. The minimum Gasteiger partial charge on any atom is -0.381 e. The van der Waals surface area contributed by atoms with E-state index in [1.165, 1.54) is 19.4 Å². The van der Waals surface area contributed by atoms with Crippen LogP contribution in [0.25, 0.3) is 0 Å². The van der Waals surface area contributed by atoms with E-state index in [9.17, 15) is 0 Å². The van der Waals surface area contributed by atoms with Crippen LogP contribution in [0.15, 0.2) is 0 Å². The summed E-state index contributed by atoms with van der Waals surface area (Å²) in [5.74, 6) is 0.826. The Morgan fingerprint density at radius 1 is 1.29 bits per heavy atom. The Bertz CT molecular complexity index is 198. The highest BCUT2D eigenvalue weighted by molar-refractivity contribution is 4.87. The zero-order valence-electron chi connectivity index (χ0n) is 11.9. The van der Waals surface area contributed by atoms with Crippen LogP contribution < -0.4 is 5.73 Å². The lowest BCUT2D eigenvalue weighted by Crippen LogP contribution is -2.44. The fraction of sp³-hybridized carbons (Fsp3) is 1.00. The third-order valence-corrected chi connectivity index (χ3v) is 4.30. The van der Waals surface area contributed by atoms with Crippen LogP contribution in [0, 0.1) is 11.3 Å². The van der Waals surface area contributed by atoms with Gasteiger partial charge in [-0.25, -0.2) is 0 Å². The summed E-state index contributed by atoms with van der Waals surface area (Å²) in [4.78, 5) is 2.57. The molecule has 3 heteroatoms. The topological polar surface area (TPSA) is 38.5 Å². The van der Waals surface area contributed by atoms with E-state index >= 15 is 0 Å². The van der Waals surface area contributed by atoms with Crippen molar-refractivity contribution in [3.05, 3.63) is 0 Å². The molecule has 1 aliphatic heterocycles. The number of ether oxygens (including phenoxy) is 1. The van der Waals surface area contributed by atoms with Crippen LogP contribution in [0.5, 0.6) is 0 Å². The van der Waals surface area contributed by atoms with Crippen LogP contribution in [-0.2, 0) is 4.74 Å². The summed E-state index contributed by atoms with van der Waals surface area (Å²) in [7, 11) is 0. The molecule has 0 aromatic carbocycles. The van der Waals surface area contributed by atoms with Gasteiger partial charge in [-0.15, -0.1) is 0 Å². The first-order valence-electron chi connectivity index (χ1n) is 7.19. The van der Waals surface area contributed by atoms with E-state index in [0.717, 1.165) is 45.2 Å². The Kier molecular flexibility index (Phi) is 6.45. The molecule has 3 nitrogen and oxygen atoms in total. The Hall–Kier alpha value is -0.120. The van der Waals surface area contributed by atoms with E-state index in [2.05, 4.69) is 25.7 Å². The Morgan fingerprint density at radius 2 is 2.00 bits per heavy atom. The van der Waals surface area contributed by atoms with E-state index in [1.807, 2.05) is 0 Å². The van der Waals surface area contributed by atoms with Gasteiger partial charge in [0.1, 0.15) is 0 Å². The van der Waals surface area contributed by atoms with Crippen molar-refractivity contribution in [3.8, 4) is 0 Å². The molecule has 0 aromatic rings. The smallest absolute Gasteiger partial charge is 0.0547 e. The van der Waals surface area contributed by atoms with Gasteiger partial charge in [0.2, 0.25) is 0 Å². The summed E-state index contributed by atoms with van der Waals surface area (Å²) in [5, 5.41) is 0. The van der Waals surface area contributed by atoms with Crippen molar-refractivity contribution in [1.82, 2.24) is 4.90 Å². The zero-order chi connectivity index (χ0) is 12.7. The maximum absolute atomic E-state index is 5.96. The summed E-state index contributed by atoms with van der Waals surface area (Å²) in [6, 6.07) is 0. The molecule has 2 N–H and O–H groups in total. The molecule has 1 rings (SSSR count). The maximum Gasteiger partial charge on any atom is 0.0547 e. The number of rotatable bonds is 8. The third kappa shape index (κ3) is 4.23. The van der Waals surface area contributed by atoms with E-state index in [-0.39, 0.29) is 5.41 Å². The van der Waals surface area contributed by atoms with Crippen molar-refractivity contribution in [1.29, 1.82) is 0 Å². The van der Waals surface area contributed by atoms with E-state index in [1.54, 1.807) is 0 Å². The van der Waals surface area contributed by atoms with Crippen molar-refractivity contribution >= 4 is 0 Å². The van der Waals surface area contributed by atoms with Crippen LogP contribution in [0.1, 0.15) is 40.0 Å². The molecule has 1 fully saturated rings. The predicted octanol–water partition coefficient (Wildman–Crippen LogP) is 2.11. The van der Waals surface area contributed by atoms with Gasteiger partial charge in [0.05, 0.1) is 6.61 Å². The van der Waals surface area contributed by atoms with Gasteiger partial charge in [-0.3, -0.25) is 0 Å². The van der Waals surface area contributed by atoms with Gasteiger partial charge >= 0.3 is 0 Å². The van der Waals surface area contributed by atoms with E-state index < -0.39 is 0 Å². The minimum atomic E-state index is 0.224. The fourth-order valence-electron chi connectivity index (χ4n) is 2.69. The molecule has 0 aromatic heterocycles. The molecule has 1 unspecified atom stereocenters. The van der Waals surface area contributed by atoms with Crippen molar-refractivity contribution in [2.45, 2.75) is 40.0 Å². The molecule has 1 heterocycles. The Morgan fingerprint density at radius 3 is 2.41 bits per heavy atom. The number of nitrogens with two attached hydrogens (primary N) is 1. The third-order valence-electron chi connectivity index (χ3n) is 4.30. The lowest BCUT2D eigenvalue weighted by atomic mass is 9.86. The van der Waals surface area contributed by atoms with Crippen LogP contribution >= 0.6 is 0 Å². The van der Waals surface area contributed by atoms with Gasteiger partial charge < -0.3 is 15.4 Å². The van der Waals surface area contributed by atoms with Crippen LogP contribution in [-0.4, -0.2) is 44.3 Å². The summed E-state index contributed by atoms with van der Waals surface area (Å²) < 4.78 is 5.55. The highest BCUT2D eigenvalue weighted by Crippen LogP contribution is 2.29.